The molecule has 30 heavy (non-hydrogen) atoms. The van der Waals surface area contributed by atoms with Gasteiger partial charge in [0.2, 0.25) is 0 Å². The summed E-state index contributed by atoms with van der Waals surface area (Å²) in [6.07, 6.45) is 8.96. The fourth-order valence-corrected chi connectivity index (χ4v) is 3.66. The van der Waals surface area contributed by atoms with Crippen LogP contribution in [-0.2, 0) is 14.1 Å². The van der Waals surface area contributed by atoms with Crippen LogP contribution in [0.2, 0.25) is 0 Å². The molecule has 0 aliphatic heterocycles. The number of hydrogen-bond donors (Lipinski definition) is 0. The van der Waals surface area contributed by atoms with Gasteiger partial charge in [0.1, 0.15) is 5.75 Å². The highest BCUT2D eigenvalue weighted by molar-refractivity contribution is 6.05. The molecule has 0 spiro atoms. The van der Waals surface area contributed by atoms with Crippen LogP contribution in [0.4, 0.5) is 0 Å². The third-order valence-electron chi connectivity index (χ3n) is 5.05. The number of fused-ring (bicyclic) bond motifs is 3. The summed E-state index contributed by atoms with van der Waals surface area (Å²) in [6.45, 7) is 3.96. The lowest BCUT2D eigenvalue weighted by Gasteiger charge is -2.14. The first-order valence-electron chi connectivity index (χ1n) is 9.43. The van der Waals surface area contributed by atoms with Crippen molar-refractivity contribution in [3.63, 3.8) is 0 Å². The molecule has 0 saturated carbocycles. The van der Waals surface area contributed by atoms with Gasteiger partial charge in [-0.2, -0.15) is 0 Å². The second kappa shape index (κ2) is 7.22. The maximum Gasteiger partial charge on any atom is 0.334 e. The van der Waals surface area contributed by atoms with Gasteiger partial charge in [0.05, 0.1) is 36.2 Å². The van der Waals surface area contributed by atoms with E-state index >= 15 is 0 Å². The van der Waals surface area contributed by atoms with E-state index in [0.717, 1.165) is 33.1 Å². The summed E-state index contributed by atoms with van der Waals surface area (Å²) < 4.78 is 10.7. The molecule has 8 nitrogen and oxygen atoms in total. The van der Waals surface area contributed by atoms with Crippen LogP contribution in [0.15, 0.2) is 54.5 Å². The van der Waals surface area contributed by atoms with E-state index in [-0.39, 0.29) is 5.69 Å². The van der Waals surface area contributed by atoms with Crippen molar-refractivity contribution in [2.45, 2.75) is 0 Å². The van der Waals surface area contributed by atoms with Crippen LogP contribution in [0, 0.1) is 0 Å². The maximum atomic E-state index is 13.1. The van der Waals surface area contributed by atoms with E-state index in [1.54, 1.807) is 41.9 Å². The van der Waals surface area contributed by atoms with E-state index in [1.165, 1.54) is 0 Å². The van der Waals surface area contributed by atoms with Gasteiger partial charge in [0.25, 0.3) is 0 Å². The van der Waals surface area contributed by atoms with E-state index in [0.29, 0.717) is 11.6 Å². The topological polar surface area (TPSA) is 70.1 Å². The highest BCUT2D eigenvalue weighted by atomic mass is 16.5. The van der Waals surface area contributed by atoms with E-state index in [2.05, 4.69) is 16.5 Å². The minimum Gasteiger partial charge on any atom is -0.496 e. The molecule has 154 valence electrons. The summed E-state index contributed by atoms with van der Waals surface area (Å²) in [5.74, 6) is 1.25. The summed E-state index contributed by atoms with van der Waals surface area (Å²) in [4.78, 5) is 24.0. The van der Waals surface area contributed by atoms with E-state index in [1.807, 2.05) is 55.1 Å². The third kappa shape index (κ3) is 2.97. The highest BCUT2D eigenvalue weighted by Crippen LogP contribution is 2.34. The molecule has 0 aliphatic rings. The van der Waals surface area contributed by atoms with Crippen molar-refractivity contribution >= 4 is 27.5 Å². The van der Waals surface area contributed by atoms with Crippen LogP contribution in [0.3, 0.4) is 0 Å². The molecule has 0 unspecified atom stereocenters. The van der Waals surface area contributed by atoms with E-state index in [4.69, 9.17) is 4.74 Å². The predicted octanol–water partition coefficient (Wildman–Crippen LogP) is 2.71. The van der Waals surface area contributed by atoms with Crippen molar-refractivity contribution in [2.24, 2.45) is 14.1 Å². The van der Waals surface area contributed by atoms with Crippen LogP contribution < -0.4 is 10.4 Å². The minimum atomic E-state index is -0.178. The first-order chi connectivity index (χ1) is 14.3. The number of pyridine rings is 1. The number of ether oxygens (including phenoxy) is 1. The number of methoxy groups -OCH3 is 1. The maximum absolute atomic E-state index is 13.1. The Morgan fingerprint density at radius 1 is 1.23 bits per heavy atom. The van der Waals surface area contributed by atoms with Crippen LogP contribution in [0.25, 0.3) is 33.3 Å². The summed E-state index contributed by atoms with van der Waals surface area (Å²) in [7, 11) is 9.15. The summed E-state index contributed by atoms with van der Waals surface area (Å²) in [5.41, 5.74) is 3.80. The van der Waals surface area contributed by atoms with Crippen molar-refractivity contribution in [3.05, 3.63) is 65.8 Å². The van der Waals surface area contributed by atoms with Gasteiger partial charge in [-0.15, -0.1) is 0 Å². The molecule has 3 heterocycles. The molecule has 0 fully saturated rings. The normalized spacial score (nSPS) is 12.0. The van der Waals surface area contributed by atoms with Gasteiger partial charge in [0.15, 0.2) is 5.82 Å². The molecule has 0 bridgehead atoms. The summed E-state index contributed by atoms with van der Waals surface area (Å²) in [5, 5.41) is 0.832. The molecule has 0 radical (unpaired) electrons. The second-order valence-corrected chi connectivity index (χ2v) is 7.39. The lowest BCUT2D eigenvalue weighted by Crippen LogP contribution is -2.21. The Kier molecular flexibility index (Phi) is 4.69. The van der Waals surface area contributed by atoms with Crippen molar-refractivity contribution in [1.29, 1.82) is 0 Å². The Morgan fingerprint density at radius 3 is 2.60 bits per heavy atom. The Morgan fingerprint density at radius 2 is 2.00 bits per heavy atom. The molecule has 0 aliphatic carbocycles. The van der Waals surface area contributed by atoms with Crippen LogP contribution >= 0.6 is 0 Å². The Balaban J connectivity index is 2.16. The third-order valence-corrected chi connectivity index (χ3v) is 5.05. The number of nitrogens with zero attached hydrogens (tertiary/aromatic N) is 6. The van der Waals surface area contributed by atoms with Gasteiger partial charge in [-0.3, -0.25) is 9.55 Å². The zero-order chi connectivity index (χ0) is 21.6. The van der Waals surface area contributed by atoms with Gasteiger partial charge < -0.3 is 14.2 Å². The van der Waals surface area contributed by atoms with Gasteiger partial charge in [-0.25, -0.2) is 14.3 Å². The number of aryl methyl sites for hydroxylation is 2. The van der Waals surface area contributed by atoms with Crippen LogP contribution in [-0.4, -0.2) is 49.8 Å². The summed E-state index contributed by atoms with van der Waals surface area (Å²) >= 11 is 0. The average Bonchev–Trinajstić information content (AvgIpc) is 3.26. The number of imidazole rings is 2. The first-order valence-corrected chi connectivity index (χ1v) is 9.43. The fourth-order valence-electron chi connectivity index (χ4n) is 3.66. The number of hydrogen-bond acceptors (Lipinski definition) is 5. The zero-order valence-corrected chi connectivity index (χ0v) is 17.7. The molecular weight excluding hydrogens is 380 g/mol. The Labute approximate surface area is 173 Å². The van der Waals surface area contributed by atoms with Crippen molar-refractivity contribution in [1.82, 2.24) is 28.6 Å². The molecular formula is C22H24N6O2. The first kappa shape index (κ1) is 19.5. The Hall–Kier alpha value is -3.81. The van der Waals surface area contributed by atoms with Crippen molar-refractivity contribution in [2.75, 3.05) is 21.2 Å². The molecule has 4 rings (SSSR count). The number of rotatable bonds is 5. The minimum absolute atomic E-state index is 0.178. The van der Waals surface area contributed by atoms with Crippen molar-refractivity contribution in [3.8, 4) is 11.6 Å². The quantitative estimate of drug-likeness (QED) is 0.479. The molecule has 0 atom stereocenters. The Bertz CT molecular complexity index is 1370. The van der Waals surface area contributed by atoms with Gasteiger partial charge >= 0.3 is 5.69 Å². The lowest BCUT2D eigenvalue weighted by molar-refractivity contribution is 0.414. The standard InChI is InChI=1S/C22H24N6O2/c1-7-14(11-25(2)3)15-8-16-17(9-19(15)30-6)23-10-18-21(16)28(22(29)27(18)5)20-12-26(4)13-24-20/h7-13H,1H2,2-6H3/b14-11+. The number of aromatic nitrogens is 5. The van der Waals surface area contributed by atoms with Crippen LogP contribution in [0.5, 0.6) is 5.75 Å². The van der Waals surface area contributed by atoms with E-state index in [9.17, 15) is 4.79 Å². The molecule has 0 amide bonds. The fraction of sp³-hybridized carbons (Fsp3) is 0.227. The van der Waals surface area contributed by atoms with Crippen molar-refractivity contribution < 1.29 is 4.74 Å². The predicted molar refractivity (Wildman–Crippen MR) is 119 cm³/mol. The van der Waals surface area contributed by atoms with Crippen LogP contribution in [0.1, 0.15) is 5.56 Å². The molecule has 0 N–H and O–H groups in total. The smallest absolute Gasteiger partial charge is 0.334 e. The van der Waals surface area contributed by atoms with Gasteiger partial charge in [0, 0.05) is 63.2 Å². The summed E-state index contributed by atoms with van der Waals surface area (Å²) in [6, 6.07) is 3.89. The number of allylic oxidation sites excluding steroid dienone is 2. The largest absolute Gasteiger partial charge is 0.496 e. The number of benzene rings is 1. The molecule has 3 aromatic heterocycles. The molecule has 1 aromatic carbocycles. The monoisotopic (exact) mass is 404 g/mol. The molecule has 8 heteroatoms. The average molecular weight is 404 g/mol. The van der Waals surface area contributed by atoms with E-state index < -0.39 is 0 Å². The zero-order valence-electron chi connectivity index (χ0n) is 17.7. The molecule has 0 saturated heterocycles. The lowest BCUT2D eigenvalue weighted by atomic mass is 10.0. The van der Waals surface area contributed by atoms with Gasteiger partial charge in [-0.1, -0.05) is 12.7 Å². The van der Waals surface area contributed by atoms with Gasteiger partial charge in [-0.05, 0) is 6.07 Å². The molecule has 4 aromatic rings. The second-order valence-electron chi connectivity index (χ2n) is 7.39. The SMILES string of the molecule is C=C/C(=C\N(C)C)c1cc2c(cc1OC)ncc1c2n(-c2cn(C)cn2)c(=O)n1C. The highest BCUT2D eigenvalue weighted by Gasteiger charge is 2.19.